The molecule has 2 fully saturated rings. The molecule has 0 aromatic carbocycles. The number of hydrogen-bond donors (Lipinski definition) is 2. The second kappa shape index (κ2) is 6.02. The van der Waals surface area contributed by atoms with Gasteiger partial charge in [0.1, 0.15) is 0 Å². The molecule has 5 atom stereocenters. The number of carbonyl (C=O) groups excluding carboxylic acids is 1. The first-order valence-electron chi connectivity index (χ1n) is 7.31. The third-order valence-corrected chi connectivity index (χ3v) is 4.67. The van der Waals surface area contributed by atoms with E-state index in [9.17, 15) is 4.79 Å². The summed E-state index contributed by atoms with van der Waals surface area (Å²) >= 11 is 0. The zero-order valence-corrected chi connectivity index (χ0v) is 11.5. The zero-order valence-electron chi connectivity index (χ0n) is 11.5. The number of ether oxygens (including phenoxy) is 1. The van der Waals surface area contributed by atoms with Crippen LogP contribution >= 0.6 is 0 Å². The minimum absolute atomic E-state index is 0.0156. The van der Waals surface area contributed by atoms with Crippen molar-refractivity contribution in [3.63, 3.8) is 0 Å². The van der Waals surface area contributed by atoms with Crippen molar-refractivity contribution in [3.8, 4) is 0 Å². The van der Waals surface area contributed by atoms with Crippen molar-refractivity contribution in [2.45, 2.75) is 64.1 Å². The van der Waals surface area contributed by atoms with E-state index in [0.717, 1.165) is 38.7 Å². The van der Waals surface area contributed by atoms with Gasteiger partial charge >= 0.3 is 0 Å². The Morgan fingerprint density at radius 1 is 1.44 bits per heavy atom. The SMILES string of the molecule is CCC(C)C(N)C(=O)NC1CCCC2OCCC12. The molecular weight excluding hydrogens is 228 g/mol. The molecule has 104 valence electrons. The highest BCUT2D eigenvalue weighted by Gasteiger charge is 2.38. The van der Waals surface area contributed by atoms with Crippen LogP contribution in [0.2, 0.25) is 0 Å². The highest BCUT2D eigenvalue weighted by Crippen LogP contribution is 2.34. The van der Waals surface area contributed by atoms with Crippen LogP contribution in [0.15, 0.2) is 0 Å². The molecule has 1 saturated carbocycles. The van der Waals surface area contributed by atoms with E-state index >= 15 is 0 Å². The maximum absolute atomic E-state index is 12.1. The van der Waals surface area contributed by atoms with Gasteiger partial charge in [-0.1, -0.05) is 20.3 Å². The van der Waals surface area contributed by atoms with E-state index in [4.69, 9.17) is 10.5 Å². The fourth-order valence-corrected chi connectivity index (χ4v) is 3.15. The molecule has 0 bridgehead atoms. The van der Waals surface area contributed by atoms with E-state index in [0.29, 0.717) is 12.0 Å². The first-order valence-corrected chi connectivity index (χ1v) is 7.31. The predicted molar refractivity (Wildman–Crippen MR) is 71.1 cm³/mol. The van der Waals surface area contributed by atoms with Gasteiger partial charge in [0.2, 0.25) is 5.91 Å². The largest absolute Gasteiger partial charge is 0.378 e. The molecule has 1 aliphatic carbocycles. The molecule has 3 N–H and O–H groups in total. The van der Waals surface area contributed by atoms with Gasteiger partial charge in [0.05, 0.1) is 12.1 Å². The summed E-state index contributed by atoms with van der Waals surface area (Å²) in [4.78, 5) is 12.1. The van der Waals surface area contributed by atoms with E-state index in [1.165, 1.54) is 0 Å². The highest BCUT2D eigenvalue weighted by atomic mass is 16.5. The third-order valence-electron chi connectivity index (χ3n) is 4.67. The van der Waals surface area contributed by atoms with Crippen LogP contribution in [0.25, 0.3) is 0 Å². The fraction of sp³-hybridized carbons (Fsp3) is 0.929. The average molecular weight is 254 g/mol. The number of carbonyl (C=O) groups is 1. The van der Waals surface area contributed by atoms with Crippen LogP contribution < -0.4 is 11.1 Å². The van der Waals surface area contributed by atoms with Crippen molar-refractivity contribution in [2.75, 3.05) is 6.61 Å². The van der Waals surface area contributed by atoms with Gasteiger partial charge in [-0.2, -0.15) is 0 Å². The molecule has 0 aromatic heterocycles. The molecule has 1 amide bonds. The Morgan fingerprint density at radius 3 is 2.94 bits per heavy atom. The Labute approximate surface area is 110 Å². The van der Waals surface area contributed by atoms with Crippen molar-refractivity contribution in [3.05, 3.63) is 0 Å². The van der Waals surface area contributed by atoms with E-state index in [1.54, 1.807) is 0 Å². The lowest BCUT2D eigenvalue weighted by molar-refractivity contribution is -0.125. The molecule has 0 spiro atoms. The number of nitrogens with two attached hydrogens (primary N) is 1. The van der Waals surface area contributed by atoms with Gasteiger partial charge in [0, 0.05) is 18.6 Å². The summed E-state index contributed by atoms with van der Waals surface area (Å²) < 4.78 is 5.72. The van der Waals surface area contributed by atoms with E-state index in [2.05, 4.69) is 12.2 Å². The summed E-state index contributed by atoms with van der Waals surface area (Å²) in [5, 5.41) is 3.16. The monoisotopic (exact) mass is 254 g/mol. The smallest absolute Gasteiger partial charge is 0.237 e. The highest BCUT2D eigenvalue weighted by molar-refractivity contribution is 5.82. The Morgan fingerprint density at radius 2 is 2.22 bits per heavy atom. The van der Waals surface area contributed by atoms with Crippen LogP contribution in [0.5, 0.6) is 0 Å². The van der Waals surface area contributed by atoms with Gasteiger partial charge in [-0.05, 0) is 31.6 Å². The van der Waals surface area contributed by atoms with Crippen LogP contribution in [-0.4, -0.2) is 30.7 Å². The van der Waals surface area contributed by atoms with Crippen LogP contribution in [0.4, 0.5) is 0 Å². The molecule has 18 heavy (non-hydrogen) atoms. The predicted octanol–water partition coefficient (Wildman–Crippen LogP) is 1.43. The normalized spacial score (nSPS) is 34.7. The molecule has 1 heterocycles. The van der Waals surface area contributed by atoms with E-state index in [1.807, 2.05) is 6.92 Å². The summed E-state index contributed by atoms with van der Waals surface area (Å²) in [6.45, 7) is 4.95. The van der Waals surface area contributed by atoms with Crippen molar-refractivity contribution >= 4 is 5.91 Å². The fourth-order valence-electron chi connectivity index (χ4n) is 3.15. The zero-order chi connectivity index (χ0) is 13.1. The Bertz CT molecular complexity index is 296. The number of fused-ring (bicyclic) bond motifs is 1. The molecule has 1 saturated heterocycles. The lowest BCUT2D eigenvalue weighted by atomic mass is 9.81. The Kier molecular flexibility index (Phi) is 4.62. The molecule has 0 radical (unpaired) electrons. The maximum Gasteiger partial charge on any atom is 0.237 e. The molecule has 2 rings (SSSR count). The summed E-state index contributed by atoms with van der Waals surface area (Å²) in [6, 6.07) is -0.105. The molecule has 0 aromatic rings. The quantitative estimate of drug-likeness (QED) is 0.798. The first kappa shape index (κ1) is 13.8. The molecule has 2 aliphatic rings. The van der Waals surface area contributed by atoms with Gasteiger partial charge in [-0.3, -0.25) is 4.79 Å². The summed E-state index contributed by atoms with van der Waals surface area (Å²) in [5.74, 6) is 0.762. The van der Waals surface area contributed by atoms with E-state index in [-0.39, 0.29) is 23.9 Å². The molecular formula is C14H26N2O2. The van der Waals surface area contributed by atoms with Crippen molar-refractivity contribution in [1.82, 2.24) is 5.32 Å². The average Bonchev–Trinajstić information content (AvgIpc) is 2.86. The summed E-state index contributed by atoms with van der Waals surface area (Å²) in [7, 11) is 0. The molecule has 4 nitrogen and oxygen atoms in total. The third kappa shape index (κ3) is 2.86. The van der Waals surface area contributed by atoms with Crippen molar-refractivity contribution in [1.29, 1.82) is 0 Å². The molecule has 4 heteroatoms. The standard InChI is InChI=1S/C14H26N2O2/c1-3-9(2)13(15)14(17)16-11-5-4-6-12-10(11)7-8-18-12/h9-13H,3-8,15H2,1-2H3,(H,16,17). The van der Waals surface area contributed by atoms with Gasteiger partial charge in [-0.25, -0.2) is 0 Å². The number of hydrogen-bond acceptors (Lipinski definition) is 3. The second-order valence-corrected chi connectivity index (χ2v) is 5.82. The van der Waals surface area contributed by atoms with Crippen molar-refractivity contribution in [2.24, 2.45) is 17.6 Å². The minimum Gasteiger partial charge on any atom is -0.378 e. The van der Waals surface area contributed by atoms with Crippen LogP contribution in [0.1, 0.15) is 46.0 Å². The second-order valence-electron chi connectivity index (χ2n) is 5.82. The Balaban J connectivity index is 1.90. The van der Waals surface area contributed by atoms with Gasteiger partial charge < -0.3 is 15.8 Å². The maximum atomic E-state index is 12.1. The van der Waals surface area contributed by atoms with Crippen molar-refractivity contribution < 1.29 is 9.53 Å². The number of amides is 1. The first-order chi connectivity index (χ1) is 8.63. The topological polar surface area (TPSA) is 64.4 Å². The minimum atomic E-state index is -0.377. The lowest BCUT2D eigenvalue weighted by Crippen LogP contribution is -2.52. The molecule has 1 aliphatic heterocycles. The summed E-state index contributed by atoms with van der Waals surface area (Å²) in [5.41, 5.74) is 5.98. The van der Waals surface area contributed by atoms with Crippen LogP contribution in [-0.2, 0) is 9.53 Å². The van der Waals surface area contributed by atoms with Gasteiger partial charge in [0.15, 0.2) is 0 Å². The van der Waals surface area contributed by atoms with E-state index < -0.39 is 0 Å². The number of nitrogens with one attached hydrogen (secondary N) is 1. The van der Waals surface area contributed by atoms with Crippen LogP contribution in [0.3, 0.4) is 0 Å². The summed E-state index contributed by atoms with van der Waals surface area (Å²) in [6.07, 6.45) is 5.74. The van der Waals surface area contributed by atoms with Crippen LogP contribution in [0, 0.1) is 11.8 Å². The lowest BCUT2D eigenvalue weighted by Gasteiger charge is -2.34. The van der Waals surface area contributed by atoms with Gasteiger partial charge in [0.25, 0.3) is 0 Å². The molecule has 5 unspecified atom stereocenters. The number of rotatable bonds is 4. The van der Waals surface area contributed by atoms with Gasteiger partial charge in [-0.15, -0.1) is 0 Å². The Hall–Kier alpha value is -0.610.